The molecule has 0 spiro atoms. The molecule has 98 valence electrons. The maximum absolute atomic E-state index is 13.5. The Balaban J connectivity index is 2.05. The summed E-state index contributed by atoms with van der Waals surface area (Å²) in [5.74, 6) is -0.475. The Labute approximate surface area is 115 Å². The number of carbonyl (C=O) groups excluding carboxylic acids is 1. The van der Waals surface area contributed by atoms with Gasteiger partial charge in [-0.3, -0.25) is 0 Å². The first-order chi connectivity index (χ1) is 9.04. The second kappa shape index (κ2) is 5.71. The molecule has 2 aromatic carbocycles. The minimum Gasteiger partial charge on any atom is -0.308 e. The number of halogens is 2. The number of aryl methyl sites for hydroxylation is 1. The fourth-order valence-electron chi connectivity index (χ4n) is 1.55. The molecule has 0 radical (unpaired) electrons. The van der Waals surface area contributed by atoms with Crippen molar-refractivity contribution in [2.24, 2.45) is 0 Å². The van der Waals surface area contributed by atoms with E-state index in [1.54, 1.807) is 36.4 Å². The third kappa shape index (κ3) is 3.69. The quantitative estimate of drug-likeness (QED) is 0.838. The van der Waals surface area contributed by atoms with Crippen LogP contribution in [0.3, 0.4) is 0 Å². The Morgan fingerprint density at radius 1 is 1.11 bits per heavy atom. The van der Waals surface area contributed by atoms with Crippen molar-refractivity contribution in [1.29, 1.82) is 0 Å². The lowest BCUT2D eigenvalue weighted by Crippen LogP contribution is -2.20. The molecule has 0 aliphatic carbocycles. The van der Waals surface area contributed by atoms with E-state index in [2.05, 4.69) is 10.6 Å². The van der Waals surface area contributed by atoms with Crippen molar-refractivity contribution < 1.29 is 9.18 Å². The van der Waals surface area contributed by atoms with Gasteiger partial charge in [-0.1, -0.05) is 17.7 Å². The molecule has 0 saturated heterocycles. The number of nitrogens with one attached hydrogen (secondary N) is 2. The highest BCUT2D eigenvalue weighted by Crippen LogP contribution is 2.17. The van der Waals surface area contributed by atoms with Crippen molar-refractivity contribution in [3.63, 3.8) is 0 Å². The Bertz CT molecular complexity index is 599. The molecule has 2 N–H and O–H groups in total. The zero-order valence-electron chi connectivity index (χ0n) is 10.2. The van der Waals surface area contributed by atoms with Gasteiger partial charge in [0.15, 0.2) is 0 Å². The summed E-state index contributed by atoms with van der Waals surface area (Å²) in [4.78, 5) is 11.7. The van der Waals surface area contributed by atoms with Crippen molar-refractivity contribution in [2.45, 2.75) is 6.92 Å². The number of carbonyl (C=O) groups is 1. The van der Waals surface area contributed by atoms with E-state index in [-0.39, 0.29) is 5.69 Å². The number of hydrogen-bond acceptors (Lipinski definition) is 1. The van der Waals surface area contributed by atoms with Crippen LogP contribution < -0.4 is 10.6 Å². The summed E-state index contributed by atoms with van der Waals surface area (Å²) in [5, 5.41) is 5.62. The number of amides is 2. The highest BCUT2D eigenvalue weighted by atomic mass is 35.5. The van der Waals surface area contributed by atoms with Gasteiger partial charge < -0.3 is 10.6 Å². The first-order valence-electron chi connectivity index (χ1n) is 5.64. The van der Waals surface area contributed by atoms with E-state index in [1.165, 1.54) is 6.07 Å². The maximum atomic E-state index is 13.5. The van der Waals surface area contributed by atoms with Gasteiger partial charge in [0, 0.05) is 10.7 Å². The predicted octanol–water partition coefficient (Wildman–Crippen LogP) is 4.43. The van der Waals surface area contributed by atoms with Gasteiger partial charge in [0.05, 0.1) is 5.69 Å². The predicted molar refractivity (Wildman–Crippen MR) is 75.2 cm³/mol. The lowest BCUT2D eigenvalue weighted by Gasteiger charge is -2.09. The molecule has 0 unspecified atom stereocenters. The SMILES string of the molecule is Cc1ccc(F)c(NC(=O)Nc2ccc(Cl)cc2)c1. The van der Waals surface area contributed by atoms with Gasteiger partial charge >= 0.3 is 6.03 Å². The highest BCUT2D eigenvalue weighted by molar-refractivity contribution is 6.30. The smallest absolute Gasteiger partial charge is 0.308 e. The third-order valence-electron chi connectivity index (χ3n) is 2.47. The van der Waals surface area contributed by atoms with E-state index in [1.807, 2.05) is 6.92 Å². The van der Waals surface area contributed by atoms with Crippen LogP contribution in [0.25, 0.3) is 0 Å². The Morgan fingerprint density at radius 3 is 2.47 bits per heavy atom. The number of urea groups is 1. The fraction of sp³-hybridized carbons (Fsp3) is 0.0714. The van der Waals surface area contributed by atoms with Crippen LogP contribution in [-0.2, 0) is 0 Å². The molecule has 0 fully saturated rings. The van der Waals surface area contributed by atoms with Gasteiger partial charge in [0.25, 0.3) is 0 Å². The maximum Gasteiger partial charge on any atom is 0.323 e. The molecule has 0 aliphatic rings. The third-order valence-corrected chi connectivity index (χ3v) is 2.72. The van der Waals surface area contributed by atoms with Crippen molar-refractivity contribution in [3.8, 4) is 0 Å². The van der Waals surface area contributed by atoms with Crippen LogP contribution >= 0.6 is 11.6 Å². The molecule has 0 bridgehead atoms. The molecule has 2 aromatic rings. The Hall–Kier alpha value is -2.07. The molecular weight excluding hydrogens is 267 g/mol. The van der Waals surface area contributed by atoms with E-state index < -0.39 is 11.8 Å². The average Bonchev–Trinajstić information content (AvgIpc) is 2.37. The van der Waals surface area contributed by atoms with Crippen molar-refractivity contribution in [1.82, 2.24) is 0 Å². The van der Waals surface area contributed by atoms with Gasteiger partial charge in [0.1, 0.15) is 5.82 Å². The van der Waals surface area contributed by atoms with Gasteiger partial charge in [-0.2, -0.15) is 0 Å². The zero-order valence-corrected chi connectivity index (χ0v) is 11.0. The Morgan fingerprint density at radius 2 is 1.79 bits per heavy atom. The summed E-state index contributed by atoms with van der Waals surface area (Å²) >= 11 is 5.74. The van der Waals surface area contributed by atoms with E-state index >= 15 is 0 Å². The molecular formula is C14H12ClFN2O. The van der Waals surface area contributed by atoms with Crippen molar-refractivity contribution in [3.05, 3.63) is 58.9 Å². The summed E-state index contributed by atoms with van der Waals surface area (Å²) in [7, 11) is 0. The minimum atomic E-state index is -0.508. The second-order valence-corrected chi connectivity index (χ2v) is 4.51. The van der Waals surface area contributed by atoms with E-state index in [0.717, 1.165) is 5.56 Å². The van der Waals surface area contributed by atoms with Gasteiger partial charge in [-0.25, -0.2) is 9.18 Å². The van der Waals surface area contributed by atoms with Crippen LogP contribution in [-0.4, -0.2) is 6.03 Å². The summed E-state index contributed by atoms with van der Waals surface area (Å²) in [6, 6.07) is 10.6. The molecule has 0 saturated carbocycles. The topological polar surface area (TPSA) is 41.1 Å². The van der Waals surface area contributed by atoms with E-state index in [9.17, 15) is 9.18 Å². The second-order valence-electron chi connectivity index (χ2n) is 4.07. The number of hydrogen-bond donors (Lipinski definition) is 2. The number of anilines is 2. The van der Waals surface area contributed by atoms with Crippen LogP contribution in [0, 0.1) is 12.7 Å². The largest absolute Gasteiger partial charge is 0.323 e. The van der Waals surface area contributed by atoms with Crippen molar-refractivity contribution in [2.75, 3.05) is 10.6 Å². The molecule has 2 amide bonds. The van der Waals surface area contributed by atoms with E-state index in [0.29, 0.717) is 10.7 Å². The standard InChI is InChI=1S/C14H12ClFN2O/c1-9-2-7-12(16)13(8-9)18-14(19)17-11-5-3-10(15)4-6-11/h2-8H,1H3,(H2,17,18,19). The van der Waals surface area contributed by atoms with Crippen LogP contribution in [0.5, 0.6) is 0 Å². The Kier molecular flexibility index (Phi) is 4.02. The van der Waals surface area contributed by atoms with Crippen LogP contribution in [0.1, 0.15) is 5.56 Å². The number of benzene rings is 2. The lowest BCUT2D eigenvalue weighted by atomic mass is 10.2. The summed E-state index contributed by atoms with van der Waals surface area (Å²) in [6.07, 6.45) is 0. The number of rotatable bonds is 2. The van der Waals surface area contributed by atoms with Gasteiger partial charge in [-0.05, 0) is 48.9 Å². The summed E-state index contributed by atoms with van der Waals surface area (Å²) < 4.78 is 13.5. The monoisotopic (exact) mass is 278 g/mol. The highest BCUT2D eigenvalue weighted by Gasteiger charge is 2.07. The summed E-state index contributed by atoms with van der Waals surface area (Å²) in [5.41, 5.74) is 1.59. The molecule has 0 heterocycles. The molecule has 5 heteroatoms. The molecule has 0 aliphatic heterocycles. The molecule has 3 nitrogen and oxygen atoms in total. The fourth-order valence-corrected chi connectivity index (χ4v) is 1.68. The van der Waals surface area contributed by atoms with Crippen molar-refractivity contribution >= 4 is 29.0 Å². The molecule has 0 aromatic heterocycles. The van der Waals surface area contributed by atoms with Crippen LogP contribution in [0.2, 0.25) is 5.02 Å². The minimum absolute atomic E-state index is 0.145. The molecule has 19 heavy (non-hydrogen) atoms. The first-order valence-corrected chi connectivity index (χ1v) is 6.02. The van der Waals surface area contributed by atoms with E-state index in [4.69, 9.17) is 11.6 Å². The average molecular weight is 279 g/mol. The zero-order chi connectivity index (χ0) is 13.8. The molecule has 0 atom stereocenters. The molecule has 2 rings (SSSR count). The lowest BCUT2D eigenvalue weighted by molar-refractivity contribution is 0.262. The van der Waals surface area contributed by atoms with Crippen LogP contribution in [0.4, 0.5) is 20.6 Å². The van der Waals surface area contributed by atoms with Crippen LogP contribution in [0.15, 0.2) is 42.5 Å². The summed E-state index contributed by atoms with van der Waals surface area (Å²) in [6.45, 7) is 1.82. The van der Waals surface area contributed by atoms with Gasteiger partial charge in [-0.15, -0.1) is 0 Å². The normalized spacial score (nSPS) is 10.1. The first kappa shape index (κ1) is 13.4. The van der Waals surface area contributed by atoms with Gasteiger partial charge in [0.2, 0.25) is 0 Å².